The Morgan fingerprint density at radius 1 is 1.03 bits per heavy atom. The summed E-state index contributed by atoms with van der Waals surface area (Å²) in [4.78, 5) is 19.8. The molecule has 0 amide bonds. The van der Waals surface area contributed by atoms with Crippen molar-refractivity contribution in [3.05, 3.63) is 73.2 Å². The Morgan fingerprint density at radius 2 is 1.97 bits per heavy atom. The second-order valence-electron chi connectivity index (χ2n) is 7.22. The highest BCUT2D eigenvalue weighted by Gasteiger charge is 2.13. The van der Waals surface area contributed by atoms with E-state index in [-0.39, 0.29) is 0 Å². The summed E-state index contributed by atoms with van der Waals surface area (Å²) >= 11 is 0. The van der Waals surface area contributed by atoms with E-state index < -0.39 is 0 Å². The van der Waals surface area contributed by atoms with Gasteiger partial charge in [-0.1, -0.05) is 12.1 Å². The van der Waals surface area contributed by atoms with Gasteiger partial charge >= 0.3 is 0 Å². The highest BCUT2D eigenvalue weighted by Crippen LogP contribution is 2.24. The summed E-state index contributed by atoms with van der Waals surface area (Å²) in [6, 6.07) is 12.1. The molecule has 0 unspecified atom stereocenters. The molecular weight excluding hydrogens is 392 g/mol. The minimum atomic E-state index is 0.534. The summed E-state index contributed by atoms with van der Waals surface area (Å²) in [7, 11) is 0. The first-order valence-corrected chi connectivity index (χ1v) is 10.1. The van der Waals surface area contributed by atoms with Gasteiger partial charge in [0.2, 0.25) is 5.95 Å². The topological polar surface area (TPSA) is 93.9 Å². The van der Waals surface area contributed by atoms with E-state index >= 15 is 0 Å². The lowest BCUT2D eigenvalue weighted by molar-refractivity contribution is 0.122. The van der Waals surface area contributed by atoms with Gasteiger partial charge in [0, 0.05) is 36.7 Å². The van der Waals surface area contributed by atoms with Crippen molar-refractivity contribution in [2.45, 2.75) is 6.54 Å². The van der Waals surface area contributed by atoms with Crippen LogP contribution in [0.1, 0.15) is 5.56 Å². The predicted molar refractivity (Wildman–Crippen MR) is 117 cm³/mol. The second-order valence-corrected chi connectivity index (χ2v) is 7.22. The van der Waals surface area contributed by atoms with Gasteiger partial charge < -0.3 is 15.0 Å². The van der Waals surface area contributed by atoms with Crippen LogP contribution in [0.3, 0.4) is 0 Å². The zero-order chi connectivity index (χ0) is 20.9. The number of ether oxygens (including phenoxy) is 1. The van der Waals surface area contributed by atoms with Crippen molar-refractivity contribution in [1.29, 1.82) is 0 Å². The maximum Gasteiger partial charge on any atom is 0.227 e. The summed E-state index contributed by atoms with van der Waals surface area (Å²) in [5.74, 6) is 0.534. The smallest absolute Gasteiger partial charge is 0.227 e. The molecule has 4 heterocycles. The number of anilines is 3. The molecule has 1 aliphatic rings. The van der Waals surface area contributed by atoms with Crippen molar-refractivity contribution >= 4 is 17.3 Å². The van der Waals surface area contributed by atoms with Gasteiger partial charge in [0.1, 0.15) is 12.7 Å². The molecular formula is C22H22N8O. The fourth-order valence-electron chi connectivity index (χ4n) is 3.52. The maximum atomic E-state index is 5.45. The third kappa shape index (κ3) is 4.67. The lowest BCUT2D eigenvalue weighted by Crippen LogP contribution is -2.36. The molecule has 9 heteroatoms. The minimum absolute atomic E-state index is 0.534. The number of benzene rings is 1. The summed E-state index contributed by atoms with van der Waals surface area (Å²) in [6.45, 7) is 3.86. The Hall–Kier alpha value is -3.85. The van der Waals surface area contributed by atoms with Gasteiger partial charge in [0.05, 0.1) is 37.3 Å². The van der Waals surface area contributed by atoms with Crippen molar-refractivity contribution in [3.8, 4) is 11.3 Å². The third-order valence-electron chi connectivity index (χ3n) is 5.05. The molecule has 0 saturated carbocycles. The molecule has 9 nitrogen and oxygen atoms in total. The normalized spacial score (nSPS) is 13.9. The van der Waals surface area contributed by atoms with Crippen molar-refractivity contribution in [2.24, 2.45) is 0 Å². The average molecular weight is 414 g/mol. The highest BCUT2D eigenvalue weighted by atomic mass is 16.5. The van der Waals surface area contributed by atoms with E-state index in [2.05, 4.69) is 42.4 Å². The van der Waals surface area contributed by atoms with E-state index in [1.807, 2.05) is 36.7 Å². The number of morpholine rings is 1. The van der Waals surface area contributed by atoms with Gasteiger partial charge in [0.25, 0.3) is 0 Å². The summed E-state index contributed by atoms with van der Waals surface area (Å²) in [5, 5.41) is 7.45. The molecule has 0 aliphatic carbocycles. The van der Waals surface area contributed by atoms with E-state index in [9.17, 15) is 0 Å². The number of pyridine rings is 1. The Morgan fingerprint density at radius 3 is 2.84 bits per heavy atom. The summed E-state index contributed by atoms with van der Waals surface area (Å²) in [6.07, 6.45) is 8.70. The molecule has 31 heavy (non-hydrogen) atoms. The van der Waals surface area contributed by atoms with Crippen LogP contribution in [0.25, 0.3) is 11.3 Å². The number of hydrogen-bond acceptors (Lipinski definition) is 8. The van der Waals surface area contributed by atoms with Crippen molar-refractivity contribution in [3.63, 3.8) is 0 Å². The molecule has 5 rings (SSSR count). The van der Waals surface area contributed by atoms with Gasteiger partial charge in [0.15, 0.2) is 0 Å². The van der Waals surface area contributed by atoms with Crippen LogP contribution in [0.2, 0.25) is 0 Å². The zero-order valence-corrected chi connectivity index (χ0v) is 16.9. The quantitative estimate of drug-likeness (QED) is 0.515. The van der Waals surface area contributed by atoms with Crippen molar-refractivity contribution < 1.29 is 4.74 Å². The van der Waals surface area contributed by atoms with Gasteiger partial charge in [-0.25, -0.2) is 19.6 Å². The molecule has 0 atom stereocenters. The summed E-state index contributed by atoms with van der Waals surface area (Å²) in [5.41, 5.74) is 4.87. The molecule has 4 aromatic rings. The first-order chi connectivity index (χ1) is 15.3. The Kier molecular flexibility index (Phi) is 5.48. The lowest BCUT2D eigenvalue weighted by Gasteiger charge is -2.28. The molecule has 1 fully saturated rings. The Bertz CT molecular complexity index is 1140. The van der Waals surface area contributed by atoms with Crippen LogP contribution in [0.5, 0.6) is 0 Å². The number of nitrogens with zero attached hydrogens (tertiary/aromatic N) is 7. The molecule has 1 aliphatic heterocycles. The number of aromatic nitrogens is 6. The molecule has 0 radical (unpaired) electrons. The van der Waals surface area contributed by atoms with Gasteiger partial charge in [-0.3, -0.25) is 4.98 Å². The highest BCUT2D eigenvalue weighted by molar-refractivity contribution is 5.65. The molecule has 3 aromatic heterocycles. The van der Waals surface area contributed by atoms with Crippen molar-refractivity contribution in [2.75, 3.05) is 36.5 Å². The van der Waals surface area contributed by atoms with E-state index in [1.165, 1.54) is 6.33 Å². The van der Waals surface area contributed by atoms with Crippen LogP contribution >= 0.6 is 0 Å². The maximum absolute atomic E-state index is 5.45. The first-order valence-electron chi connectivity index (χ1n) is 10.1. The average Bonchev–Trinajstić information content (AvgIpc) is 3.33. The predicted octanol–water partition coefficient (Wildman–Crippen LogP) is 2.76. The van der Waals surface area contributed by atoms with Crippen LogP contribution < -0.4 is 10.2 Å². The SMILES string of the molecule is c1cc(Cn2cncn2)cc(Nc2nccc(-c3cncc(N4CCOCC4)c3)n2)c1. The number of hydrogen-bond donors (Lipinski definition) is 1. The molecule has 0 bridgehead atoms. The monoisotopic (exact) mass is 414 g/mol. The van der Waals surface area contributed by atoms with Crippen LogP contribution in [0.4, 0.5) is 17.3 Å². The van der Waals surface area contributed by atoms with E-state index in [0.29, 0.717) is 12.5 Å². The number of rotatable bonds is 6. The van der Waals surface area contributed by atoms with Crippen LogP contribution in [0, 0.1) is 0 Å². The molecule has 1 aromatic carbocycles. The van der Waals surface area contributed by atoms with E-state index in [1.54, 1.807) is 17.2 Å². The molecule has 0 spiro atoms. The standard InChI is InChI=1S/C22H22N8O/c1-2-17(14-30-16-24-15-26-30)10-19(3-1)27-22-25-5-4-21(28-22)18-11-20(13-23-12-18)29-6-8-31-9-7-29/h1-5,10-13,15-16H,6-9,14H2,(H,25,27,28). The molecule has 1 N–H and O–H groups in total. The first kappa shape index (κ1) is 19.1. The Balaban J connectivity index is 1.34. The van der Waals surface area contributed by atoms with E-state index in [0.717, 1.165) is 54.5 Å². The van der Waals surface area contributed by atoms with Crippen molar-refractivity contribution in [1.82, 2.24) is 29.7 Å². The van der Waals surface area contributed by atoms with Gasteiger partial charge in [-0.15, -0.1) is 0 Å². The van der Waals surface area contributed by atoms with Crippen LogP contribution in [0.15, 0.2) is 67.6 Å². The fourth-order valence-corrected chi connectivity index (χ4v) is 3.52. The van der Waals surface area contributed by atoms with Gasteiger partial charge in [-0.05, 0) is 29.8 Å². The Labute approximate surface area is 179 Å². The largest absolute Gasteiger partial charge is 0.378 e. The van der Waals surface area contributed by atoms with Crippen LogP contribution in [-0.4, -0.2) is 56.0 Å². The van der Waals surface area contributed by atoms with E-state index in [4.69, 9.17) is 9.72 Å². The lowest BCUT2D eigenvalue weighted by atomic mass is 10.2. The molecule has 1 saturated heterocycles. The number of nitrogens with one attached hydrogen (secondary N) is 1. The minimum Gasteiger partial charge on any atom is -0.378 e. The molecule has 156 valence electrons. The zero-order valence-electron chi connectivity index (χ0n) is 16.9. The fraction of sp³-hybridized carbons (Fsp3) is 0.227. The van der Waals surface area contributed by atoms with Gasteiger partial charge in [-0.2, -0.15) is 5.10 Å². The summed E-state index contributed by atoms with van der Waals surface area (Å²) < 4.78 is 7.23. The second kappa shape index (κ2) is 8.88. The third-order valence-corrected chi connectivity index (χ3v) is 5.05. The van der Waals surface area contributed by atoms with Crippen LogP contribution in [-0.2, 0) is 11.3 Å².